The van der Waals surface area contributed by atoms with Crippen LogP contribution in [0.15, 0.2) is 29.2 Å². The molecular formula is C15H23Cl2N3O3S. The van der Waals surface area contributed by atoms with Crippen molar-refractivity contribution in [2.45, 2.75) is 36.6 Å². The first-order valence-electron chi connectivity index (χ1n) is 7.69. The molecular weight excluding hydrogens is 373 g/mol. The number of nitrogens with two attached hydrogens (primary N) is 1. The van der Waals surface area contributed by atoms with Crippen LogP contribution in [0.5, 0.6) is 0 Å². The van der Waals surface area contributed by atoms with Gasteiger partial charge >= 0.3 is 0 Å². The highest BCUT2D eigenvalue weighted by Crippen LogP contribution is 2.26. The van der Waals surface area contributed by atoms with Gasteiger partial charge in [-0.05, 0) is 31.0 Å². The minimum Gasteiger partial charge on any atom is -0.354 e. The van der Waals surface area contributed by atoms with E-state index < -0.39 is 10.0 Å². The lowest BCUT2D eigenvalue weighted by molar-refractivity contribution is -0.121. The number of nitrogens with one attached hydrogen (secondary N) is 1. The Morgan fingerprint density at radius 3 is 2.79 bits per heavy atom. The molecule has 1 aliphatic rings. The highest BCUT2D eigenvalue weighted by Gasteiger charge is 2.33. The summed E-state index contributed by atoms with van der Waals surface area (Å²) in [5, 5.41) is 3.15. The Hall–Kier alpha value is -0.860. The number of hydrogen-bond acceptors (Lipinski definition) is 4. The Labute approximate surface area is 154 Å². The van der Waals surface area contributed by atoms with Crippen LogP contribution < -0.4 is 11.1 Å². The fraction of sp³-hybridized carbons (Fsp3) is 0.533. The summed E-state index contributed by atoms with van der Waals surface area (Å²) in [4.78, 5) is 11.8. The van der Waals surface area contributed by atoms with Crippen LogP contribution in [-0.2, 0) is 14.8 Å². The van der Waals surface area contributed by atoms with Gasteiger partial charge in [-0.25, -0.2) is 8.42 Å². The van der Waals surface area contributed by atoms with E-state index in [1.807, 2.05) is 0 Å². The molecule has 1 aromatic rings. The molecule has 0 aliphatic carbocycles. The second kappa shape index (κ2) is 9.58. The third-order valence-electron chi connectivity index (χ3n) is 3.88. The van der Waals surface area contributed by atoms with Crippen molar-refractivity contribution in [1.29, 1.82) is 0 Å². The first-order valence-corrected chi connectivity index (χ1v) is 9.51. The van der Waals surface area contributed by atoms with Gasteiger partial charge in [-0.3, -0.25) is 4.79 Å². The molecule has 9 heteroatoms. The molecule has 1 aliphatic heterocycles. The number of hydrogen-bond donors (Lipinski definition) is 2. The first-order chi connectivity index (χ1) is 10.9. The van der Waals surface area contributed by atoms with Crippen molar-refractivity contribution in [2.75, 3.05) is 19.6 Å². The average Bonchev–Trinajstić information content (AvgIpc) is 2.53. The first kappa shape index (κ1) is 21.2. The maximum absolute atomic E-state index is 12.9. The summed E-state index contributed by atoms with van der Waals surface area (Å²) in [7, 11) is -3.62. The standard InChI is InChI=1S/C15H22ClN3O3S.ClH/c16-12-4-3-6-14(10-12)23(21,22)19-9-2-1-5-13(19)11-18-15(20)7-8-17;/h3-4,6,10,13H,1-2,5,7-9,11,17H2,(H,18,20);1H. The Balaban J connectivity index is 0.00000288. The fourth-order valence-corrected chi connectivity index (χ4v) is 4.70. The number of halogens is 2. The number of nitrogens with zero attached hydrogens (tertiary/aromatic N) is 1. The number of benzene rings is 1. The third-order valence-corrected chi connectivity index (χ3v) is 6.06. The van der Waals surface area contributed by atoms with Crippen LogP contribution >= 0.6 is 24.0 Å². The van der Waals surface area contributed by atoms with Crippen LogP contribution in [0.2, 0.25) is 5.02 Å². The molecule has 0 saturated carbocycles. The van der Waals surface area contributed by atoms with Crippen molar-refractivity contribution in [1.82, 2.24) is 9.62 Å². The molecule has 0 spiro atoms. The predicted octanol–water partition coefficient (Wildman–Crippen LogP) is 1.77. The van der Waals surface area contributed by atoms with Gasteiger partial charge in [0.1, 0.15) is 0 Å². The van der Waals surface area contributed by atoms with Gasteiger partial charge in [0, 0.05) is 37.1 Å². The molecule has 3 N–H and O–H groups in total. The van der Waals surface area contributed by atoms with Gasteiger partial charge < -0.3 is 11.1 Å². The molecule has 1 amide bonds. The van der Waals surface area contributed by atoms with Crippen LogP contribution in [-0.4, -0.2) is 44.3 Å². The molecule has 136 valence electrons. The highest BCUT2D eigenvalue weighted by molar-refractivity contribution is 7.89. The van der Waals surface area contributed by atoms with E-state index in [0.29, 0.717) is 18.1 Å². The molecule has 1 heterocycles. The second-order valence-corrected chi connectivity index (χ2v) is 7.89. The van der Waals surface area contributed by atoms with E-state index in [1.165, 1.54) is 10.4 Å². The van der Waals surface area contributed by atoms with Gasteiger partial charge in [-0.2, -0.15) is 4.31 Å². The molecule has 6 nitrogen and oxygen atoms in total. The molecule has 1 saturated heterocycles. The summed E-state index contributed by atoms with van der Waals surface area (Å²) in [5.41, 5.74) is 5.35. The average molecular weight is 396 g/mol. The highest BCUT2D eigenvalue weighted by atomic mass is 35.5. The minimum atomic E-state index is -3.62. The number of sulfonamides is 1. The number of carbonyl (C=O) groups is 1. The van der Waals surface area contributed by atoms with Crippen LogP contribution in [0.4, 0.5) is 0 Å². The lowest BCUT2D eigenvalue weighted by atomic mass is 10.1. The van der Waals surface area contributed by atoms with Crippen molar-refractivity contribution in [2.24, 2.45) is 5.73 Å². The largest absolute Gasteiger partial charge is 0.354 e. The molecule has 2 rings (SSSR count). The topological polar surface area (TPSA) is 92.5 Å². The van der Waals surface area contributed by atoms with Crippen LogP contribution in [0, 0.1) is 0 Å². The maximum Gasteiger partial charge on any atom is 0.243 e. The van der Waals surface area contributed by atoms with Crippen molar-refractivity contribution >= 4 is 39.9 Å². The molecule has 1 atom stereocenters. The van der Waals surface area contributed by atoms with Crippen LogP contribution in [0.1, 0.15) is 25.7 Å². The van der Waals surface area contributed by atoms with E-state index >= 15 is 0 Å². The Morgan fingerprint density at radius 2 is 2.12 bits per heavy atom. The summed E-state index contributed by atoms with van der Waals surface area (Å²) in [6.07, 6.45) is 2.72. The molecule has 24 heavy (non-hydrogen) atoms. The minimum absolute atomic E-state index is 0. The van der Waals surface area contributed by atoms with Crippen LogP contribution in [0.3, 0.4) is 0 Å². The molecule has 1 fully saturated rings. The monoisotopic (exact) mass is 395 g/mol. The summed E-state index contributed by atoms with van der Waals surface area (Å²) in [6, 6.07) is 6.02. The normalized spacial score (nSPS) is 18.7. The number of rotatable bonds is 6. The van der Waals surface area contributed by atoms with Crippen molar-refractivity contribution in [3.05, 3.63) is 29.3 Å². The van der Waals surface area contributed by atoms with Crippen molar-refractivity contribution < 1.29 is 13.2 Å². The number of carbonyl (C=O) groups excluding carboxylic acids is 1. The summed E-state index contributed by atoms with van der Waals surface area (Å²) in [5.74, 6) is -0.154. The fourth-order valence-electron chi connectivity index (χ4n) is 2.71. The molecule has 1 aromatic carbocycles. The Kier molecular flexibility index (Phi) is 8.45. The molecule has 0 aromatic heterocycles. The summed E-state index contributed by atoms with van der Waals surface area (Å²) < 4.78 is 27.2. The molecule has 0 bridgehead atoms. The van der Waals surface area contributed by atoms with Gasteiger partial charge in [0.2, 0.25) is 15.9 Å². The smallest absolute Gasteiger partial charge is 0.243 e. The Bertz CT molecular complexity index is 655. The maximum atomic E-state index is 12.9. The van der Waals surface area contributed by atoms with Crippen molar-refractivity contribution in [3.8, 4) is 0 Å². The quantitative estimate of drug-likeness (QED) is 0.767. The van der Waals surface area contributed by atoms with E-state index in [0.717, 1.165) is 19.3 Å². The molecule has 0 radical (unpaired) electrons. The van der Waals surface area contributed by atoms with Crippen LogP contribution in [0.25, 0.3) is 0 Å². The van der Waals surface area contributed by atoms with E-state index in [-0.39, 0.29) is 42.2 Å². The van der Waals surface area contributed by atoms with Crippen molar-refractivity contribution in [3.63, 3.8) is 0 Å². The second-order valence-electron chi connectivity index (χ2n) is 5.57. The number of amides is 1. The van der Waals surface area contributed by atoms with Gasteiger partial charge in [-0.15, -0.1) is 12.4 Å². The third kappa shape index (κ3) is 5.32. The molecule has 1 unspecified atom stereocenters. The van der Waals surface area contributed by atoms with E-state index in [4.69, 9.17) is 17.3 Å². The summed E-state index contributed by atoms with van der Waals surface area (Å²) in [6.45, 7) is 1.03. The van der Waals surface area contributed by atoms with E-state index in [1.54, 1.807) is 18.2 Å². The van der Waals surface area contributed by atoms with Gasteiger partial charge in [-0.1, -0.05) is 24.1 Å². The predicted molar refractivity (Wildman–Crippen MR) is 96.9 cm³/mol. The lowest BCUT2D eigenvalue weighted by Gasteiger charge is -2.34. The zero-order valence-electron chi connectivity index (χ0n) is 13.3. The number of piperidine rings is 1. The van der Waals surface area contributed by atoms with Gasteiger partial charge in [0.25, 0.3) is 0 Å². The Morgan fingerprint density at radius 1 is 1.38 bits per heavy atom. The van der Waals surface area contributed by atoms with Gasteiger partial charge in [0.15, 0.2) is 0 Å². The zero-order valence-corrected chi connectivity index (χ0v) is 15.7. The lowest BCUT2D eigenvalue weighted by Crippen LogP contribution is -2.49. The zero-order chi connectivity index (χ0) is 16.9. The van der Waals surface area contributed by atoms with E-state index in [9.17, 15) is 13.2 Å². The van der Waals surface area contributed by atoms with E-state index in [2.05, 4.69) is 5.32 Å². The SMILES string of the molecule is Cl.NCCC(=O)NCC1CCCCN1S(=O)(=O)c1cccc(Cl)c1. The van der Waals surface area contributed by atoms with Gasteiger partial charge in [0.05, 0.1) is 4.90 Å². The summed E-state index contributed by atoms with van der Waals surface area (Å²) >= 11 is 5.91.